The van der Waals surface area contributed by atoms with Crippen molar-refractivity contribution in [2.45, 2.75) is 25.3 Å². The van der Waals surface area contributed by atoms with Crippen LogP contribution in [0.1, 0.15) is 29.8 Å². The van der Waals surface area contributed by atoms with Crippen molar-refractivity contribution >= 4 is 5.78 Å². The topological polar surface area (TPSA) is 60.9 Å². The van der Waals surface area contributed by atoms with Gasteiger partial charge in [-0.1, -0.05) is 18.2 Å². The Kier molecular flexibility index (Phi) is 3.17. The number of para-hydroxylation sites is 1. The Morgan fingerprint density at radius 2 is 2.05 bits per heavy atom. The second-order valence-corrected chi connectivity index (χ2v) is 5.09. The smallest absolute Gasteiger partial charge is 0.182 e. The number of carbonyl (C=O) groups excluding carboxylic acids is 1. The molecule has 3 rings (SSSR count). The van der Waals surface area contributed by atoms with Gasteiger partial charge in [0.25, 0.3) is 0 Å². The zero-order valence-electron chi connectivity index (χ0n) is 10.7. The van der Waals surface area contributed by atoms with E-state index in [-0.39, 0.29) is 11.8 Å². The van der Waals surface area contributed by atoms with Crippen LogP contribution in [-0.4, -0.2) is 21.6 Å². The van der Waals surface area contributed by atoms with Gasteiger partial charge in [-0.15, -0.1) is 0 Å². The summed E-state index contributed by atoms with van der Waals surface area (Å²) >= 11 is 0. The van der Waals surface area contributed by atoms with Gasteiger partial charge in [0, 0.05) is 12.5 Å². The van der Waals surface area contributed by atoms with Gasteiger partial charge in [0.1, 0.15) is 5.69 Å². The van der Waals surface area contributed by atoms with E-state index in [2.05, 4.69) is 5.10 Å². The normalized spacial score (nSPS) is 16.3. The lowest BCUT2D eigenvalue weighted by atomic mass is 10.1. The van der Waals surface area contributed by atoms with Crippen molar-refractivity contribution in [2.24, 2.45) is 11.7 Å². The van der Waals surface area contributed by atoms with Gasteiger partial charge in [0.2, 0.25) is 0 Å². The lowest BCUT2D eigenvalue weighted by Crippen LogP contribution is -2.26. The molecule has 4 nitrogen and oxygen atoms in total. The van der Waals surface area contributed by atoms with Crippen LogP contribution in [0.15, 0.2) is 42.6 Å². The first-order valence-electron chi connectivity index (χ1n) is 6.64. The Hall–Kier alpha value is -1.94. The van der Waals surface area contributed by atoms with Crippen molar-refractivity contribution < 1.29 is 4.79 Å². The molecule has 0 radical (unpaired) electrons. The van der Waals surface area contributed by atoms with E-state index < -0.39 is 0 Å². The summed E-state index contributed by atoms with van der Waals surface area (Å²) in [4.78, 5) is 12.3. The number of hydrogen-bond donors (Lipinski definition) is 1. The van der Waals surface area contributed by atoms with Crippen molar-refractivity contribution in [2.75, 3.05) is 0 Å². The van der Waals surface area contributed by atoms with Crippen LogP contribution in [0, 0.1) is 5.92 Å². The summed E-state index contributed by atoms with van der Waals surface area (Å²) < 4.78 is 1.68. The number of rotatable bonds is 5. The minimum atomic E-state index is -0.00776. The van der Waals surface area contributed by atoms with Gasteiger partial charge in [-0.25, -0.2) is 4.68 Å². The second-order valence-electron chi connectivity index (χ2n) is 5.09. The summed E-state index contributed by atoms with van der Waals surface area (Å²) in [6.07, 6.45) is 4.38. The maximum Gasteiger partial charge on any atom is 0.182 e. The van der Waals surface area contributed by atoms with Crippen molar-refractivity contribution in [3.8, 4) is 5.69 Å². The highest BCUT2D eigenvalue weighted by Crippen LogP contribution is 2.33. The molecule has 1 aliphatic carbocycles. The number of Topliss-reactive ketones (excluding diaryl/α,β-unsaturated/α-hetero) is 1. The third-order valence-corrected chi connectivity index (χ3v) is 3.58. The highest BCUT2D eigenvalue weighted by Gasteiger charge is 2.30. The molecular formula is C15H17N3O. The SMILES string of the molecule is NC(CC(=O)c1ccnn1-c1ccccc1)C1CC1. The molecule has 0 spiro atoms. The zero-order valence-corrected chi connectivity index (χ0v) is 10.7. The highest BCUT2D eigenvalue weighted by molar-refractivity contribution is 5.95. The van der Waals surface area contributed by atoms with E-state index >= 15 is 0 Å². The molecule has 98 valence electrons. The van der Waals surface area contributed by atoms with Crippen LogP contribution in [0.25, 0.3) is 5.69 Å². The quantitative estimate of drug-likeness (QED) is 0.833. The molecule has 1 fully saturated rings. The Bertz CT molecular complexity index is 572. The first kappa shape index (κ1) is 12.1. The van der Waals surface area contributed by atoms with Crippen LogP contribution in [0.5, 0.6) is 0 Å². The van der Waals surface area contributed by atoms with Crippen molar-refractivity contribution in [3.63, 3.8) is 0 Å². The van der Waals surface area contributed by atoms with Crippen LogP contribution in [-0.2, 0) is 0 Å². The largest absolute Gasteiger partial charge is 0.327 e. The summed E-state index contributed by atoms with van der Waals surface area (Å²) in [6.45, 7) is 0. The predicted octanol–water partition coefficient (Wildman–Crippen LogP) is 2.18. The molecule has 0 saturated heterocycles. The summed E-state index contributed by atoms with van der Waals surface area (Å²) in [5.74, 6) is 0.609. The molecule has 4 heteroatoms. The molecule has 2 aromatic rings. The zero-order chi connectivity index (χ0) is 13.2. The Balaban J connectivity index is 1.81. The van der Waals surface area contributed by atoms with Gasteiger partial charge in [-0.3, -0.25) is 4.79 Å². The number of nitrogens with two attached hydrogens (primary N) is 1. The third kappa shape index (κ3) is 2.58. The number of aromatic nitrogens is 2. The molecule has 0 amide bonds. The fourth-order valence-corrected chi connectivity index (χ4v) is 2.30. The monoisotopic (exact) mass is 255 g/mol. The fourth-order valence-electron chi connectivity index (χ4n) is 2.30. The van der Waals surface area contributed by atoms with Crippen LogP contribution in [0.3, 0.4) is 0 Å². The molecule has 1 atom stereocenters. The number of nitrogens with zero attached hydrogens (tertiary/aromatic N) is 2. The number of hydrogen-bond acceptors (Lipinski definition) is 3. The van der Waals surface area contributed by atoms with Crippen molar-refractivity contribution in [1.82, 2.24) is 9.78 Å². The lowest BCUT2D eigenvalue weighted by Gasteiger charge is -2.10. The molecule has 1 aromatic carbocycles. The van der Waals surface area contributed by atoms with Crippen molar-refractivity contribution in [1.29, 1.82) is 0 Å². The van der Waals surface area contributed by atoms with Gasteiger partial charge in [0.05, 0.1) is 11.9 Å². The van der Waals surface area contributed by atoms with Crippen LogP contribution >= 0.6 is 0 Å². The summed E-state index contributed by atoms with van der Waals surface area (Å²) in [5, 5.41) is 4.23. The standard InChI is InChI=1S/C15H17N3O/c16-13(11-6-7-11)10-15(19)14-8-9-17-18(14)12-4-2-1-3-5-12/h1-5,8-9,11,13H,6-7,10,16H2. The molecule has 1 aromatic heterocycles. The highest BCUT2D eigenvalue weighted by atomic mass is 16.1. The van der Waals surface area contributed by atoms with E-state index in [0.717, 1.165) is 18.5 Å². The van der Waals surface area contributed by atoms with E-state index in [1.807, 2.05) is 30.3 Å². The molecular weight excluding hydrogens is 238 g/mol. The molecule has 1 heterocycles. The molecule has 0 bridgehead atoms. The molecule has 0 aliphatic heterocycles. The van der Waals surface area contributed by atoms with Gasteiger partial charge in [0.15, 0.2) is 5.78 Å². The number of ketones is 1. The Morgan fingerprint density at radius 1 is 1.32 bits per heavy atom. The van der Waals surface area contributed by atoms with Gasteiger partial charge in [-0.2, -0.15) is 5.10 Å². The number of benzene rings is 1. The van der Waals surface area contributed by atoms with E-state index in [0.29, 0.717) is 18.0 Å². The van der Waals surface area contributed by atoms with Gasteiger partial charge < -0.3 is 5.73 Å². The molecule has 19 heavy (non-hydrogen) atoms. The molecule has 1 aliphatic rings. The third-order valence-electron chi connectivity index (χ3n) is 3.58. The Morgan fingerprint density at radius 3 is 2.74 bits per heavy atom. The summed E-state index contributed by atoms with van der Waals surface area (Å²) in [5.41, 5.74) is 7.54. The minimum absolute atomic E-state index is 0.00776. The maximum atomic E-state index is 12.3. The van der Waals surface area contributed by atoms with Crippen LogP contribution in [0.4, 0.5) is 0 Å². The fraction of sp³-hybridized carbons (Fsp3) is 0.333. The molecule has 1 unspecified atom stereocenters. The van der Waals surface area contributed by atoms with Gasteiger partial charge >= 0.3 is 0 Å². The van der Waals surface area contributed by atoms with Gasteiger partial charge in [-0.05, 0) is 37.0 Å². The van der Waals surface area contributed by atoms with E-state index in [1.54, 1.807) is 16.9 Å². The van der Waals surface area contributed by atoms with E-state index in [4.69, 9.17) is 5.73 Å². The van der Waals surface area contributed by atoms with E-state index in [9.17, 15) is 4.79 Å². The summed E-state index contributed by atoms with van der Waals surface area (Å²) in [6, 6.07) is 11.4. The van der Waals surface area contributed by atoms with Crippen LogP contribution in [0.2, 0.25) is 0 Å². The van der Waals surface area contributed by atoms with E-state index in [1.165, 1.54) is 0 Å². The van der Waals surface area contributed by atoms with Crippen LogP contribution < -0.4 is 5.73 Å². The summed E-state index contributed by atoms with van der Waals surface area (Å²) in [7, 11) is 0. The number of carbonyl (C=O) groups is 1. The first-order valence-corrected chi connectivity index (χ1v) is 6.64. The first-order chi connectivity index (χ1) is 9.25. The average Bonchev–Trinajstić information content (AvgIpc) is 3.17. The lowest BCUT2D eigenvalue weighted by molar-refractivity contribution is 0.0964. The predicted molar refractivity (Wildman–Crippen MR) is 73.2 cm³/mol. The maximum absolute atomic E-state index is 12.3. The second kappa shape index (κ2) is 4.97. The average molecular weight is 255 g/mol. The Labute approximate surface area is 112 Å². The van der Waals surface area contributed by atoms with Crippen molar-refractivity contribution in [3.05, 3.63) is 48.3 Å². The minimum Gasteiger partial charge on any atom is -0.327 e. The molecule has 1 saturated carbocycles. The molecule has 2 N–H and O–H groups in total.